The van der Waals surface area contributed by atoms with Crippen molar-refractivity contribution in [3.05, 3.63) is 29.3 Å². The number of carbonyl (C=O) groups excluding carboxylic acids is 2. The van der Waals surface area contributed by atoms with E-state index >= 15 is 0 Å². The minimum atomic E-state index is -0.883. The predicted octanol–water partition coefficient (Wildman–Crippen LogP) is 1.27. The first-order valence-electron chi connectivity index (χ1n) is 5.24. The smallest absolute Gasteiger partial charge is 0.318 e. The van der Waals surface area contributed by atoms with E-state index in [0.717, 1.165) is 11.1 Å². The van der Waals surface area contributed by atoms with Crippen molar-refractivity contribution < 1.29 is 14.3 Å². The number of primary amides is 1. The first-order chi connectivity index (χ1) is 7.90. The zero-order valence-corrected chi connectivity index (χ0v) is 10.1. The van der Waals surface area contributed by atoms with Crippen molar-refractivity contribution in [2.75, 3.05) is 0 Å². The number of hydrogen-bond acceptors (Lipinski definition) is 3. The van der Waals surface area contributed by atoms with Crippen molar-refractivity contribution in [1.82, 2.24) is 5.32 Å². The number of nitrogens with one attached hydrogen (secondary N) is 1. The van der Waals surface area contributed by atoms with E-state index in [4.69, 9.17) is 10.5 Å². The lowest BCUT2D eigenvalue weighted by Crippen LogP contribution is -2.42. The highest BCUT2D eigenvalue weighted by Crippen LogP contribution is 2.19. The Morgan fingerprint density at radius 2 is 2.00 bits per heavy atom. The molecule has 0 aromatic heterocycles. The Morgan fingerprint density at radius 3 is 2.53 bits per heavy atom. The van der Waals surface area contributed by atoms with Gasteiger partial charge in [0, 0.05) is 0 Å². The summed E-state index contributed by atoms with van der Waals surface area (Å²) in [6, 6.07) is 4.75. The fraction of sp³-hybridized carbons (Fsp3) is 0.333. The molecule has 0 aliphatic heterocycles. The van der Waals surface area contributed by atoms with Crippen LogP contribution in [-0.4, -0.2) is 18.0 Å². The van der Waals surface area contributed by atoms with Crippen molar-refractivity contribution in [2.24, 2.45) is 5.73 Å². The van der Waals surface area contributed by atoms with Crippen LogP contribution in [0.1, 0.15) is 18.1 Å². The van der Waals surface area contributed by atoms with Gasteiger partial charge in [-0.3, -0.25) is 10.1 Å². The molecule has 3 N–H and O–H groups in total. The van der Waals surface area contributed by atoms with Crippen molar-refractivity contribution in [3.63, 3.8) is 0 Å². The van der Waals surface area contributed by atoms with Gasteiger partial charge in [0.25, 0.3) is 5.91 Å². The SMILES string of the molecule is Cc1ccc(O[C@H](C)C(=O)NC(N)=O)c(C)c1. The molecule has 1 aromatic rings. The highest BCUT2D eigenvalue weighted by Gasteiger charge is 2.16. The molecule has 0 saturated heterocycles. The van der Waals surface area contributed by atoms with E-state index in [1.165, 1.54) is 0 Å². The van der Waals surface area contributed by atoms with Crippen LogP contribution in [0, 0.1) is 13.8 Å². The molecule has 1 aromatic carbocycles. The normalized spacial score (nSPS) is 11.7. The van der Waals surface area contributed by atoms with Gasteiger partial charge >= 0.3 is 6.03 Å². The third kappa shape index (κ3) is 3.79. The summed E-state index contributed by atoms with van der Waals surface area (Å²) in [6.45, 7) is 5.42. The van der Waals surface area contributed by atoms with Crippen LogP contribution in [0.4, 0.5) is 4.79 Å². The summed E-state index contributed by atoms with van der Waals surface area (Å²) < 4.78 is 5.44. The number of benzene rings is 1. The van der Waals surface area contributed by atoms with E-state index < -0.39 is 18.0 Å². The van der Waals surface area contributed by atoms with E-state index in [-0.39, 0.29) is 0 Å². The Labute approximate surface area is 99.9 Å². The van der Waals surface area contributed by atoms with Crippen molar-refractivity contribution in [2.45, 2.75) is 26.9 Å². The molecule has 17 heavy (non-hydrogen) atoms. The number of hydrogen-bond donors (Lipinski definition) is 2. The van der Waals surface area contributed by atoms with Crippen LogP contribution in [0.15, 0.2) is 18.2 Å². The molecule has 0 bridgehead atoms. The molecule has 1 rings (SSSR count). The molecule has 0 saturated carbocycles. The van der Waals surface area contributed by atoms with Gasteiger partial charge in [-0.15, -0.1) is 0 Å². The van der Waals surface area contributed by atoms with Crippen LogP contribution in [0.2, 0.25) is 0 Å². The van der Waals surface area contributed by atoms with E-state index in [2.05, 4.69) is 0 Å². The lowest BCUT2D eigenvalue weighted by atomic mass is 10.1. The zero-order chi connectivity index (χ0) is 13.0. The molecule has 0 aliphatic rings. The first-order valence-corrected chi connectivity index (χ1v) is 5.24. The Hall–Kier alpha value is -2.04. The number of nitrogens with two attached hydrogens (primary N) is 1. The first kappa shape index (κ1) is 13.0. The van der Waals surface area contributed by atoms with Gasteiger partial charge in [-0.05, 0) is 32.4 Å². The molecule has 0 heterocycles. The molecule has 0 spiro atoms. The molecule has 3 amide bonds. The summed E-state index contributed by atoms with van der Waals surface area (Å²) in [5.41, 5.74) is 6.90. The van der Waals surface area contributed by atoms with Gasteiger partial charge in [-0.1, -0.05) is 17.7 Å². The summed E-state index contributed by atoms with van der Waals surface area (Å²) >= 11 is 0. The fourth-order valence-electron chi connectivity index (χ4n) is 1.40. The van der Waals surface area contributed by atoms with Gasteiger partial charge in [0.05, 0.1) is 0 Å². The second-order valence-corrected chi connectivity index (χ2v) is 3.88. The van der Waals surface area contributed by atoms with E-state index in [1.807, 2.05) is 31.3 Å². The Bertz CT molecular complexity index is 443. The highest BCUT2D eigenvalue weighted by atomic mass is 16.5. The third-order valence-corrected chi connectivity index (χ3v) is 2.25. The number of ether oxygens (including phenoxy) is 1. The maximum Gasteiger partial charge on any atom is 0.318 e. The lowest BCUT2D eigenvalue weighted by molar-refractivity contribution is -0.126. The molecular weight excluding hydrogens is 220 g/mol. The van der Waals surface area contributed by atoms with E-state index in [9.17, 15) is 9.59 Å². The van der Waals surface area contributed by atoms with Gasteiger partial charge in [-0.25, -0.2) is 4.79 Å². The van der Waals surface area contributed by atoms with Gasteiger partial charge in [0.2, 0.25) is 0 Å². The maximum atomic E-state index is 11.4. The molecule has 5 nitrogen and oxygen atoms in total. The van der Waals surface area contributed by atoms with Crippen molar-refractivity contribution >= 4 is 11.9 Å². The number of aryl methyl sites for hydroxylation is 2. The summed E-state index contributed by atoms with van der Waals surface area (Å²) in [6.07, 6.45) is -0.774. The standard InChI is InChI=1S/C12H16N2O3/c1-7-4-5-10(8(2)6-7)17-9(3)11(15)14-12(13)16/h4-6,9H,1-3H3,(H3,13,14,15,16)/t9-/m1/s1. The summed E-state index contributed by atoms with van der Waals surface area (Å²) in [4.78, 5) is 21.9. The van der Waals surface area contributed by atoms with Crippen LogP contribution >= 0.6 is 0 Å². The number of amides is 3. The van der Waals surface area contributed by atoms with Gasteiger partial charge in [-0.2, -0.15) is 0 Å². The van der Waals surface area contributed by atoms with E-state index in [1.54, 1.807) is 13.0 Å². The van der Waals surface area contributed by atoms with Crippen LogP contribution in [0.3, 0.4) is 0 Å². The second-order valence-electron chi connectivity index (χ2n) is 3.88. The maximum absolute atomic E-state index is 11.4. The monoisotopic (exact) mass is 236 g/mol. The van der Waals surface area contributed by atoms with Gasteiger partial charge in [0.15, 0.2) is 6.10 Å². The highest BCUT2D eigenvalue weighted by molar-refractivity contribution is 5.95. The number of urea groups is 1. The topological polar surface area (TPSA) is 81.4 Å². The van der Waals surface area contributed by atoms with E-state index in [0.29, 0.717) is 5.75 Å². The van der Waals surface area contributed by atoms with Crippen LogP contribution in [0.25, 0.3) is 0 Å². The molecule has 0 aliphatic carbocycles. The Kier molecular flexibility index (Phi) is 4.09. The summed E-state index contributed by atoms with van der Waals surface area (Å²) in [5, 5.41) is 1.97. The lowest BCUT2D eigenvalue weighted by Gasteiger charge is -2.15. The molecule has 0 unspecified atom stereocenters. The van der Waals surface area contributed by atoms with Gasteiger partial charge < -0.3 is 10.5 Å². The number of carbonyl (C=O) groups is 2. The minimum Gasteiger partial charge on any atom is -0.481 e. The Balaban J connectivity index is 2.70. The number of rotatable bonds is 3. The summed E-state index contributed by atoms with van der Waals surface area (Å²) in [7, 11) is 0. The van der Waals surface area contributed by atoms with Crippen LogP contribution < -0.4 is 15.8 Å². The quantitative estimate of drug-likeness (QED) is 0.829. The largest absolute Gasteiger partial charge is 0.481 e. The zero-order valence-electron chi connectivity index (χ0n) is 10.1. The minimum absolute atomic E-state index is 0.558. The van der Waals surface area contributed by atoms with Crippen molar-refractivity contribution in [3.8, 4) is 5.75 Å². The average Bonchev–Trinajstić information content (AvgIpc) is 2.21. The number of imide groups is 1. The molecule has 92 valence electrons. The third-order valence-electron chi connectivity index (χ3n) is 2.25. The van der Waals surface area contributed by atoms with Crippen LogP contribution in [0.5, 0.6) is 5.75 Å². The van der Waals surface area contributed by atoms with Gasteiger partial charge in [0.1, 0.15) is 5.75 Å². The summed E-state index contributed by atoms with van der Waals surface area (Å²) in [5.74, 6) is 0.0557. The molecular formula is C12H16N2O3. The van der Waals surface area contributed by atoms with Crippen LogP contribution in [-0.2, 0) is 4.79 Å². The molecule has 0 radical (unpaired) electrons. The Morgan fingerprint density at radius 1 is 1.35 bits per heavy atom. The molecule has 1 atom stereocenters. The fourth-order valence-corrected chi connectivity index (χ4v) is 1.40. The predicted molar refractivity (Wildman–Crippen MR) is 63.7 cm³/mol. The van der Waals surface area contributed by atoms with Crippen molar-refractivity contribution in [1.29, 1.82) is 0 Å². The molecule has 5 heteroatoms. The second kappa shape index (κ2) is 5.34. The molecule has 0 fully saturated rings. The average molecular weight is 236 g/mol.